The van der Waals surface area contributed by atoms with E-state index in [0.717, 1.165) is 18.4 Å². The number of aromatic hydroxyl groups is 1. The van der Waals surface area contributed by atoms with Gasteiger partial charge in [0.25, 0.3) is 0 Å². The summed E-state index contributed by atoms with van der Waals surface area (Å²) in [5, 5.41) is 10.2. The zero-order valence-corrected chi connectivity index (χ0v) is 10.9. The highest BCUT2D eigenvalue weighted by atomic mass is 16.5. The summed E-state index contributed by atoms with van der Waals surface area (Å²) in [5.41, 5.74) is 0.983. The molecule has 1 rings (SSSR count). The third kappa shape index (κ3) is 3.52. The van der Waals surface area contributed by atoms with Gasteiger partial charge in [0.05, 0.1) is 6.61 Å². The molecule has 0 saturated carbocycles. The number of hydrogen-bond donors (Lipinski definition) is 1. The van der Waals surface area contributed by atoms with Crippen LogP contribution in [0.25, 0.3) is 0 Å². The van der Waals surface area contributed by atoms with Crippen molar-refractivity contribution in [2.24, 2.45) is 0 Å². The van der Waals surface area contributed by atoms with Crippen LogP contribution in [-0.4, -0.2) is 11.7 Å². The van der Waals surface area contributed by atoms with Crippen molar-refractivity contribution in [1.82, 2.24) is 0 Å². The highest BCUT2D eigenvalue weighted by Gasteiger charge is 2.15. The van der Waals surface area contributed by atoms with Crippen molar-refractivity contribution in [2.75, 3.05) is 6.61 Å². The fourth-order valence-electron chi connectivity index (χ4n) is 1.95. The van der Waals surface area contributed by atoms with Gasteiger partial charge in [-0.3, -0.25) is 0 Å². The number of ether oxygens (including phenoxy) is 1. The van der Waals surface area contributed by atoms with E-state index in [1.165, 1.54) is 0 Å². The lowest BCUT2D eigenvalue weighted by molar-refractivity contribution is 0.315. The average Bonchev–Trinajstić information content (AvgIpc) is 2.34. The maximum Gasteiger partial charge on any atom is 0.161 e. The molecule has 0 bridgehead atoms. The molecular weight excluding hydrogens is 212 g/mol. The second-order valence-corrected chi connectivity index (χ2v) is 4.04. The zero-order chi connectivity index (χ0) is 12.7. The molecule has 1 aromatic rings. The van der Waals surface area contributed by atoms with E-state index in [-0.39, 0.29) is 0 Å². The molecule has 1 unspecified atom stereocenters. The molecule has 0 saturated heterocycles. The second-order valence-electron chi connectivity index (χ2n) is 4.04. The van der Waals surface area contributed by atoms with Crippen LogP contribution in [0.4, 0.5) is 0 Å². The highest BCUT2D eigenvalue weighted by Crippen LogP contribution is 2.37. The molecule has 0 amide bonds. The fourth-order valence-corrected chi connectivity index (χ4v) is 1.95. The van der Waals surface area contributed by atoms with Crippen molar-refractivity contribution >= 4 is 0 Å². The maximum absolute atomic E-state index is 10.2. The molecular formula is C15H22O2. The first-order chi connectivity index (χ1) is 8.24. The zero-order valence-electron chi connectivity index (χ0n) is 10.9. The molecule has 2 nitrogen and oxygen atoms in total. The SMILES string of the molecule is C/C=C\CC(CC)c1cccc(OCC)c1O. The van der Waals surface area contributed by atoms with E-state index in [9.17, 15) is 5.11 Å². The van der Waals surface area contributed by atoms with Gasteiger partial charge in [-0.05, 0) is 38.7 Å². The second kappa shape index (κ2) is 7.00. The monoisotopic (exact) mass is 234 g/mol. The summed E-state index contributed by atoms with van der Waals surface area (Å²) >= 11 is 0. The van der Waals surface area contributed by atoms with E-state index in [0.29, 0.717) is 24.0 Å². The van der Waals surface area contributed by atoms with E-state index < -0.39 is 0 Å². The summed E-state index contributed by atoms with van der Waals surface area (Å²) in [6, 6.07) is 5.73. The summed E-state index contributed by atoms with van der Waals surface area (Å²) < 4.78 is 5.41. The Labute approximate surface area is 104 Å². The predicted octanol–water partition coefficient (Wildman–Crippen LogP) is 4.25. The summed E-state index contributed by atoms with van der Waals surface area (Å²) in [7, 11) is 0. The first-order valence-electron chi connectivity index (χ1n) is 6.30. The van der Waals surface area contributed by atoms with Gasteiger partial charge in [-0.15, -0.1) is 0 Å². The minimum absolute atomic E-state index is 0.297. The van der Waals surface area contributed by atoms with Crippen LogP contribution < -0.4 is 4.74 Å². The molecule has 2 heteroatoms. The number of para-hydroxylation sites is 1. The van der Waals surface area contributed by atoms with Gasteiger partial charge in [0, 0.05) is 5.56 Å². The molecule has 1 N–H and O–H groups in total. The first kappa shape index (κ1) is 13.6. The minimum Gasteiger partial charge on any atom is -0.504 e. The van der Waals surface area contributed by atoms with Gasteiger partial charge in [-0.25, -0.2) is 0 Å². The average molecular weight is 234 g/mol. The maximum atomic E-state index is 10.2. The fraction of sp³-hybridized carbons (Fsp3) is 0.467. The number of phenolic OH excluding ortho intramolecular Hbond substituents is 1. The first-order valence-corrected chi connectivity index (χ1v) is 6.30. The quantitative estimate of drug-likeness (QED) is 0.745. The van der Waals surface area contributed by atoms with E-state index in [4.69, 9.17) is 4.74 Å². The van der Waals surface area contributed by atoms with Crippen molar-refractivity contribution in [2.45, 2.75) is 39.5 Å². The van der Waals surface area contributed by atoms with E-state index in [2.05, 4.69) is 13.0 Å². The van der Waals surface area contributed by atoms with Crippen molar-refractivity contribution in [3.05, 3.63) is 35.9 Å². The van der Waals surface area contributed by atoms with Crippen LogP contribution in [0.1, 0.15) is 45.1 Å². The van der Waals surface area contributed by atoms with Crippen LogP contribution in [0.15, 0.2) is 30.4 Å². The molecule has 17 heavy (non-hydrogen) atoms. The van der Waals surface area contributed by atoms with E-state index in [1.807, 2.05) is 38.1 Å². The largest absolute Gasteiger partial charge is 0.504 e. The Morgan fingerprint density at radius 2 is 2.12 bits per heavy atom. The molecule has 0 aliphatic rings. The lowest BCUT2D eigenvalue weighted by Gasteiger charge is -2.17. The lowest BCUT2D eigenvalue weighted by atomic mass is 9.92. The number of phenols is 1. The molecule has 1 aromatic carbocycles. The molecule has 1 atom stereocenters. The van der Waals surface area contributed by atoms with Gasteiger partial charge in [0.1, 0.15) is 0 Å². The standard InChI is InChI=1S/C15H22O2/c1-4-7-9-12(5-2)13-10-8-11-14(15(13)16)17-6-3/h4,7-8,10-12,16H,5-6,9H2,1-3H3/b7-4-. The Kier molecular flexibility index (Phi) is 5.61. The molecule has 0 radical (unpaired) electrons. The number of benzene rings is 1. The van der Waals surface area contributed by atoms with E-state index in [1.54, 1.807) is 0 Å². The van der Waals surface area contributed by atoms with Crippen molar-refractivity contribution < 1.29 is 9.84 Å². The molecule has 0 heterocycles. The minimum atomic E-state index is 0.297. The molecule has 0 aliphatic carbocycles. The number of hydrogen-bond acceptors (Lipinski definition) is 2. The Hall–Kier alpha value is -1.44. The molecule has 0 spiro atoms. The molecule has 0 aliphatic heterocycles. The van der Waals surface area contributed by atoms with Crippen LogP contribution >= 0.6 is 0 Å². The Balaban J connectivity index is 2.98. The van der Waals surface area contributed by atoms with Crippen molar-refractivity contribution in [3.63, 3.8) is 0 Å². The van der Waals surface area contributed by atoms with Crippen LogP contribution in [0.3, 0.4) is 0 Å². The third-order valence-corrected chi connectivity index (χ3v) is 2.92. The summed E-state index contributed by atoms with van der Waals surface area (Å²) in [4.78, 5) is 0. The number of allylic oxidation sites excluding steroid dienone is 2. The highest BCUT2D eigenvalue weighted by molar-refractivity contribution is 5.47. The van der Waals surface area contributed by atoms with Crippen molar-refractivity contribution in [3.8, 4) is 11.5 Å². The van der Waals surface area contributed by atoms with Crippen LogP contribution in [-0.2, 0) is 0 Å². The smallest absolute Gasteiger partial charge is 0.161 e. The Morgan fingerprint density at radius 1 is 1.35 bits per heavy atom. The summed E-state index contributed by atoms with van der Waals surface area (Å²) in [5.74, 6) is 1.24. The van der Waals surface area contributed by atoms with Crippen LogP contribution in [0.5, 0.6) is 11.5 Å². The van der Waals surface area contributed by atoms with Crippen LogP contribution in [0.2, 0.25) is 0 Å². The van der Waals surface area contributed by atoms with Gasteiger partial charge in [-0.1, -0.05) is 31.2 Å². The molecule has 0 aromatic heterocycles. The van der Waals surface area contributed by atoms with Crippen molar-refractivity contribution in [1.29, 1.82) is 0 Å². The van der Waals surface area contributed by atoms with Gasteiger partial charge < -0.3 is 9.84 Å². The van der Waals surface area contributed by atoms with Gasteiger partial charge in [0.2, 0.25) is 0 Å². The third-order valence-electron chi connectivity index (χ3n) is 2.92. The van der Waals surface area contributed by atoms with Gasteiger partial charge in [0.15, 0.2) is 11.5 Å². The predicted molar refractivity (Wildman–Crippen MR) is 71.7 cm³/mol. The topological polar surface area (TPSA) is 29.5 Å². The normalized spacial score (nSPS) is 12.9. The summed E-state index contributed by atoms with van der Waals surface area (Å²) in [6.07, 6.45) is 6.15. The lowest BCUT2D eigenvalue weighted by Crippen LogP contribution is -1.99. The Morgan fingerprint density at radius 3 is 2.71 bits per heavy atom. The van der Waals surface area contributed by atoms with Gasteiger partial charge >= 0.3 is 0 Å². The molecule has 0 fully saturated rings. The number of rotatable bonds is 6. The van der Waals surface area contributed by atoms with E-state index >= 15 is 0 Å². The molecule has 94 valence electrons. The summed E-state index contributed by atoms with van der Waals surface area (Å²) in [6.45, 7) is 6.65. The van der Waals surface area contributed by atoms with Gasteiger partial charge in [-0.2, -0.15) is 0 Å². The van der Waals surface area contributed by atoms with Crippen LogP contribution in [0, 0.1) is 0 Å². The Bertz CT molecular complexity index is 369.